The first-order chi connectivity index (χ1) is 6.25. The van der Waals surface area contributed by atoms with Gasteiger partial charge in [0.25, 0.3) is 5.56 Å². The molecule has 0 radical (unpaired) electrons. The third kappa shape index (κ3) is 2.43. The SMILES string of the molecule is CCCOC(=O)c1ccc[nH]c1=O. The molecule has 0 aliphatic carbocycles. The normalized spacial score (nSPS) is 9.62. The van der Waals surface area contributed by atoms with Gasteiger partial charge in [-0.15, -0.1) is 0 Å². The molecule has 0 aromatic carbocycles. The highest BCUT2D eigenvalue weighted by atomic mass is 16.5. The van der Waals surface area contributed by atoms with Gasteiger partial charge in [-0.25, -0.2) is 4.79 Å². The number of aromatic amines is 1. The number of esters is 1. The van der Waals surface area contributed by atoms with Gasteiger partial charge in [-0.05, 0) is 18.6 Å². The number of aromatic nitrogens is 1. The first kappa shape index (κ1) is 9.51. The van der Waals surface area contributed by atoms with Crippen LogP contribution in [0, 0.1) is 0 Å². The molecule has 0 atom stereocenters. The van der Waals surface area contributed by atoms with Crippen molar-refractivity contribution in [3.8, 4) is 0 Å². The molecule has 0 saturated carbocycles. The Balaban J connectivity index is 2.77. The molecule has 4 nitrogen and oxygen atoms in total. The van der Waals surface area contributed by atoms with E-state index >= 15 is 0 Å². The van der Waals surface area contributed by atoms with E-state index in [-0.39, 0.29) is 5.56 Å². The number of hydrogen-bond acceptors (Lipinski definition) is 3. The van der Waals surface area contributed by atoms with Crippen molar-refractivity contribution in [3.05, 3.63) is 34.2 Å². The van der Waals surface area contributed by atoms with Gasteiger partial charge in [0.2, 0.25) is 0 Å². The van der Waals surface area contributed by atoms with Crippen LogP contribution in [0.4, 0.5) is 0 Å². The number of carbonyl (C=O) groups is 1. The summed E-state index contributed by atoms with van der Waals surface area (Å²) in [6, 6.07) is 3.03. The van der Waals surface area contributed by atoms with Crippen LogP contribution in [0.5, 0.6) is 0 Å². The summed E-state index contributed by atoms with van der Waals surface area (Å²) in [5.41, 5.74) is -0.362. The summed E-state index contributed by atoms with van der Waals surface area (Å²) >= 11 is 0. The van der Waals surface area contributed by atoms with Crippen molar-refractivity contribution in [2.45, 2.75) is 13.3 Å². The zero-order chi connectivity index (χ0) is 9.68. The van der Waals surface area contributed by atoms with Crippen LogP contribution in [0.1, 0.15) is 23.7 Å². The minimum atomic E-state index is -0.566. The molecule has 1 aromatic rings. The largest absolute Gasteiger partial charge is 0.462 e. The smallest absolute Gasteiger partial charge is 0.343 e. The van der Waals surface area contributed by atoms with Gasteiger partial charge in [0.05, 0.1) is 6.61 Å². The van der Waals surface area contributed by atoms with Gasteiger partial charge in [-0.3, -0.25) is 4.79 Å². The van der Waals surface area contributed by atoms with Crippen molar-refractivity contribution in [3.63, 3.8) is 0 Å². The Morgan fingerprint density at radius 1 is 1.62 bits per heavy atom. The van der Waals surface area contributed by atoms with Crippen molar-refractivity contribution in [1.82, 2.24) is 4.98 Å². The van der Waals surface area contributed by atoms with Crippen LogP contribution in [0.3, 0.4) is 0 Å². The fourth-order valence-corrected chi connectivity index (χ4v) is 0.855. The molecule has 0 saturated heterocycles. The van der Waals surface area contributed by atoms with Gasteiger partial charge in [0.15, 0.2) is 0 Å². The summed E-state index contributed by atoms with van der Waals surface area (Å²) in [6.45, 7) is 2.23. The summed E-state index contributed by atoms with van der Waals surface area (Å²) < 4.78 is 4.80. The molecule has 0 fully saturated rings. The first-order valence-corrected chi connectivity index (χ1v) is 4.10. The zero-order valence-corrected chi connectivity index (χ0v) is 7.37. The maximum Gasteiger partial charge on any atom is 0.343 e. The van der Waals surface area contributed by atoms with E-state index in [0.29, 0.717) is 6.61 Å². The van der Waals surface area contributed by atoms with Crippen molar-refractivity contribution < 1.29 is 9.53 Å². The lowest BCUT2D eigenvalue weighted by Crippen LogP contribution is -2.18. The molecule has 0 bridgehead atoms. The quantitative estimate of drug-likeness (QED) is 0.706. The topological polar surface area (TPSA) is 59.2 Å². The molecule has 4 heteroatoms. The van der Waals surface area contributed by atoms with Crippen LogP contribution in [0.15, 0.2) is 23.1 Å². The number of nitrogens with one attached hydrogen (secondary N) is 1. The summed E-state index contributed by atoms with van der Waals surface area (Å²) in [4.78, 5) is 24.7. The predicted molar refractivity (Wildman–Crippen MR) is 47.6 cm³/mol. The van der Waals surface area contributed by atoms with Crippen LogP contribution >= 0.6 is 0 Å². The maximum absolute atomic E-state index is 11.2. The number of hydrogen-bond donors (Lipinski definition) is 1. The van der Waals surface area contributed by atoms with Crippen molar-refractivity contribution in [1.29, 1.82) is 0 Å². The van der Waals surface area contributed by atoms with Crippen molar-refractivity contribution >= 4 is 5.97 Å². The van der Waals surface area contributed by atoms with Crippen LogP contribution in [0.25, 0.3) is 0 Å². The molecule has 13 heavy (non-hydrogen) atoms. The van der Waals surface area contributed by atoms with Crippen LogP contribution in [-0.2, 0) is 4.74 Å². The Bertz CT molecular complexity index is 343. The number of rotatable bonds is 3. The lowest BCUT2D eigenvalue weighted by atomic mass is 10.3. The van der Waals surface area contributed by atoms with Gasteiger partial charge >= 0.3 is 5.97 Å². The minimum Gasteiger partial charge on any atom is -0.462 e. The molecule has 0 aliphatic heterocycles. The van der Waals surface area contributed by atoms with E-state index < -0.39 is 11.5 Å². The molecular formula is C9H11NO3. The molecular weight excluding hydrogens is 170 g/mol. The van der Waals surface area contributed by atoms with E-state index in [9.17, 15) is 9.59 Å². The third-order valence-electron chi connectivity index (χ3n) is 1.48. The second-order valence-corrected chi connectivity index (χ2v) is 2.55. The fraction of sp³-hybridized carbons (Fsp3) is 0.333. The van der Waals surface area contributed by atoms with Gasteiger partial charge in [-0.2, -0.15) is 0 Å². The van der Waals surface area contributed by atoms with Gasteiger partial charge < -0.3 is 9.72 Å². The zero-order valence-electron chi connectivity index (χ0n) is 7.37. The lowest BCUT2D eigenvalue weighted by molar-refractivity contribution is 0.0503. The molecule has 1 N–H and O–H groups in total. The summed E-state index contributed by atoms with van der Waals surface area (Å²) in [6.07, 6.45) is 2.22. The molecule has 0 spiro atoms. The highest BCUT2D eigenvalue weighted by Gasteiger charge is 2.09. The minimum absolute atomic E-state index is 0.0518. The molecule has 0 amide bonds. The highest BCUT2D eigenvalue weighted by molar-refractivity contribution is 5.88. The molecule has 1 heterocycles. The van der Waals surface area contributed by atoms with E-state index in [2.05, 4.69) is 4.98 Å². The molecule has 0 unspecified atom stereocenters. The Kier molecular flexibility index (Phi) is 3.25. The summed E-state index contributed by atoms with van der Waals surface area (Å²) in [7, 11) is 0. The molecule has 0 aliphatic rings. The Morgan fingerprint density at radius 2 is 2.38 bits per heavy atom. The van der Waals surface area contributed by atoms with Crippen LogP contribution < -0.4 is 5.56 Å². The number of H-pyrrole nitrogens is 1. The Morgan fingerprint density at radius 3 is 3.00 bits per heavy atom. The maximum atomic E-state index is 11.2. The third-order valence-corrected chi connectivity index (χ3v) is 1.48. The van der Waals surface area contributed by atoms with E-state index in [1.165, 1.54) is 12.3 Å². The molecule has 1 aromatic heterocycles. The van der Waals surface area contributed by atoms with E-state index in [0.717, 1.165) is 6.42 Å². The van der Waals surface area contributed by atoms with Crippen molar-refractivity contribution in [2.75, 3.05) is 6.61 Å². The predicted octanol–water partition coefficient (Wildman–Crippen LogP) is 0.942. The van der Waals surface area contributed by atoms with Crippen LogP contribution in [0.2, 0.25) is 0 Å². The Labute approximate surface area is 75.5 Å². The Hall–Kier alpha value is -1.58. The van der Waals surface area contributed by atoms with Crippen molar-refractivity contribution in [2.24, 2.45) is 0 Å². The number of carbonyl (C=O) groups excluding carboxylic acids is 1. The number of pyridine rings is 1. The second-order valence-electron chi connectivity index (χ2n) is 2.55. The lowest BCUT2D eigenvalue weighted by Gasteiger charge is -2.00. The number of ether oxygens (including phenoxy) is 1. The first-order valence-electron chi connectivity index (χ1n) is 4.10. The van der Waals surface area contributed by atoms with E-state index in [1.807, 2.05) is 6.92 Å². The average molecular weight is 181 g/mol. The standard InChI is InChI=1S/C9H11NO3/c1-2-6-13-9(12)7-4-3-5-10-8(7)11/h3-5H,2,6H2,1H3,(H,10,11). The van der Waals surface area contributed by atoms with Gasteiger partial charge in [-0.1, -0.05) is 6.92 Å². The summed E-state index contributed by atoms with van der Waals surface area (Å²) in [5, 5.41) is 0. The van der Waals surface area contributed by atoms with Gasteiger partial charge in [0, 0.05) is 6.20 Å². The van der Waals surface area contributed by atoms with E-state index in [4.69, 9.17) is 4.74 Å². The van der Waals surface area contributed by atoms with E-state index in [1.54, 1.807) is 6.07 Å². The highest BCUT2D eigenvalue weighted by Crippen LogP contribution is 1.94. The van der Waals surface area contributed by atoms with Gasteiger partial charge in [0.1, 0.15) is 5.56 Å². The fourth-order valence-electron chi connectivity index (χ4n) is 0.855. The second kappa shape index (κ2) is 4.45. The average Bonchev–Trinajstić information content (AvgIpc) is 2.15. The van der Waals surface area contributed by atoms with Crippen LogP contribution in [-0.4, -0.2) is 17.6 Å². The monoisotopic (exact) mass is 181 g/mol. The molecule has 70 valence electrons. The molecule has 1 rings (SSSR count). The summed E-state index contributed by atoms with van der Waals surface area (Å²) in [5.74, 6) is -0.566.